The molecule has 0 spiro atoms. The lowest BCUT2D eigenvalue weighted by Gasteiger charge is -2.30. The van der Waals surface area contributed by atoms with E-state index in [0.29, 0.717) is 18.0 Å². The van der Waals surface area contributed by atoms with Crippen molar-refractivity contribution in [3.8, 4) is 0 Å². The molecule has 0 aromatic rings. The van der Waals surface area contributed by atoms with Crippen LogP contribution in [-0.4, -0.2) is 50.8 Å². The predicted octanol–water partition coefficient (Wildman–Crippen LogP) is 1.34. The van der Waals surface area contributed by atoms with Gasteiger partial charge in [0.25, 0.3) is 0 Å². The number of rotatable bonds is 6. The SMILES string of the molecule is CCC(C)N(C)CC(NC)C1CCOC1. The van der Waals surface area contributed by atoms with Gasteiger partial charge in [0.2, 0.25) is 0 Å². The molecule has 1 aliphatic rings. The summed E-state index contributed by atoms with van der Waals surface area (Å²) in [4.78, 5) is 2.44. The first kappa shape index (κ1) is 12.9. The maximum Gasteiger partial charge on any atom is 0.0510 e. The first-order valence-corrected chi connectivity index (χ1v) is 6.14. The number of likely N-dealkylation sites (N-methyl/N-ethyl adjacent to an activating group) is 2. The second-order valence-corrected chi connectivity index (χ2v) is 4.72. The Balaban J connectivity index is 2.38. The Kier molecular flexibility index (Phi) is 5.58. The smallest absolute Gasteiger partial charge is 0.0510 e. The lowest BCUT2D eigenvalue weighted by Crippen LogP contribution is -2.45. The van der Waals surface area contributed by atoms with Crippen LogP contribution in [0.25, 0.3) is 0 Å². The van der Waals surface area contributed by atoms with Crippen molar-refractivity contribution in [1.29, 1.82) is 0 Å². The van der Waals surface area contributed by atoms with Crippen molar-refractivity contribution in [1.82, 2.24) is 10.2 Å². The van der Waals surface area contributed by atoms with Crippen LogP contribution in [0.2, 0.25) is 0 Å². The monoisotopic (exact) mass is 214 g/mol. The molecule has 3 heteroatoms. The van der Waals surface area contributed by atoms with E-state index < -0.39 is 0 Å². The van der Waals surface area contributed by atoms with Crippen LogP contribution in [0.5, 0.6) is 0 Å². The fraction of sp³-hybridized carbons (Fsp3) is 1.00. The fourth-order valence-electron chi connectivity index (χ4n) is 2.15. The van der Waals surface area contributed by atoms with Gasteiger partial charge in [0.1, 0.15) is 0 Å². The number of nitrogens with one attached hydrogen (secondary N) is 1. The molecule has 3 atom stereocenters. The van der Waals surface area contributed by atoms with E-state index in [-0.39, 0.29) is 0 Å². The van der Waals surface area contributed by atoms with Crippen molar-refractivity contribution in [2.75, 3.05) is 33.9 Å². The molecule has 0 amide bonds. The quantitative estimate of drug-likeness (QED) is 0.722. The topological polar surface area (TPSA) is 24.5 Å². The zero-order valence-corrected chi connectivity index (χ0v) is 10.6. The molecule has 0 aromatic carbocycles. The van der Waals surface area contributed by atoms with Crippen molar-refractivity contribution in [2.24, 2.45) is 5.92 Å². The summed E-state index contributed by atoms with van der Waals surface area (Å²) >= 11 is 0. The zero-order valence-electron chi connectivity index (χ0n) is 10.6. The van der Waals surface area contributed by atoms with Gasteiger partial charge >= 0.3 is 0 Å². The van der Waals surface area contributed by atoms with Gasteiger partial charge in [0.05, 0.1) is 6.61 Å². The van der Waals surface area contributed by atoms with Gasteiger partial charge < -0.3 is 15.0 Å². The summed E-state index contributed by atoms with van der Waals surface area (Å²) in [5.74, 6) is 0.696. The number of hydrogen-bond acceptors (Lipinski definition) is 3. The van der Waals surface area contributed by atoms with Crippen LogP contribution in [0, 0.1) is 5.92 Å². The van der Waals surface area contributed by atoms with E-state index in [1.165, 1.54) is 12.8 Å². The number of ether oxygens (including phenoxy) is 1. The molecular formula is C12H26N2O. The third-order valence-electron chi connectivity index (χ3n) is 3.73. The highest BCUT2D eigenvalue weighted by Gasteiger charge is 2.26. The van der Waals surface area contributed by atoms with Crippen LogP contribution in [0.4, 0.5) is 0 Å². The standard InChI is InChI=1S/C12H26N2O/c1-5-10(2)14(4)8-12(13-3)11-6-7-15-9-11/h10-13H,5-9H2,1-4H3. The maximum atomic E-state index is 5.45. The summed E-state index contributed by atoms with van der Waals surface area (Å²) in [5, 5.41) is 3.43. The van der Waals surface area contributed by atoms with Crippen LogP contribution in [-0.2, 0) is 4.74 Å². The lowest BCUT2D eigenvalue weighted by atomic mass is 9.98. The van der Waals surface area contributed by atoms with Gasteiger partial charge in [-0.1, -0.05) is 6.92 Å². The lowest BCUT2D eigenvalue weighted by molar-refractivity contribution is 0.159. The largest absolute Gasteiger partial charge is 0.381 e. The Morgan fingerprint density at radius 3 is 2.73 bits per heavy atom. The minimum atomic E-state index is 0.575. The number of nitrogens with zero attached hydrogens (tertiary/aromatic N) is 1. The second kappa shape index (κ2) is 6.46. The summed E-state index contributed by atoms with van der Waals surface area (Å²) in [5.41, 5.74) is 0. The van der Waals surface area contributed by atoms with Gasteiger partial charge in [-0.15, -0.1) is 0 Å². The Bertz CT molecular complexity index is 169. The molecule has 90 valence electrons. The van der Waals surface area contributed by atoms with Crippen LogP contribution in [0.1, 0.15) is 26.7 Å². The molecule has 1 fully saturated rings. The van der Waals surface area contributed by atoms with Crippen molar-refractivity contribution in [3.63, 3.8) is 0 Å². The molecule has 3 unspecified atom stereocenters. The summed E-state index contributed by atoms with van der Waals surface area (Å²) in [6, 6.07) is 1.25. The molecule has 0 radical (unpaired) electrons. The van der Waals surface area contributed by atoms with E-state index in [1.807, 2.05) is 0 Å². The van der Waals surface area contributed by atoms with Crippen LogP contribution in [0.15, 0.2) is 0 Å². The van der Waals surface area contributed by atoms with Gasteiger partial charge in [-0.2, -0.15) is 0 Å². The Morgan fingerprint density at radius 2 is 2.27 bits per heavy atom. The molecule has 0 saturated carbocycles. The molecule has 0 aromatic heterocycles. The molecular weight excluding hydrogens is 188 g/mol. The molecule has 15 heavy (non-hydrogen) atoms. The Labute approximate surface area is 94.2 Å². The van der Waals surface area contributed by atoms with Gasteiger partial charge in [0, 0.05) is 31.2 Å². The van der Waals surface area contributed by atoms with Crippen molar-refractivity contribution >= 4 is 0 Å². The highest BCUT2D eigenvalue weighted by molar-refractivity contribution is 4.81. The van der Waals surface area contributed by atoms with Crippen LogP contribution >= 0.6 is 0 Å². The molecule has 1 saturated heterocycles. The van der Waals surface area contributed by atoms with Crippen molar-refractivity contribution in [2.45, 2.75) is 38.8 Å². The van der Waals surface area contributed by atoms with E-state index >= 15 is 0 Å². The van der Waals surface area contributed by atoms with E-state index in [4.69, 9.17) is 4.74 Å². The van der Waals surface area contributed by atoms with Gasteiger partial charge in [0.15, 0.2) is 0 Å². The highest BCUT2D eigenvalue weighted by Crippen LogP contribution is 2.17. The van der Waals surface area contributed by atoms with E-state index in [1.54, 1.807) is 0 Å². The third kappa shape index (κ3) is 3.74. The summed E-state index contributed by atoms with van der Waals surface area (Å²) in [7, 11) is 4.28. The van der Waals surface area contributed by atoms with Crippen LogP contribution < -0.4 is 5.32 Å². The minimum Gasteiger partial charge on any atom is -0.381 e. The molecule has 1 heterocycles. The fourth-order valence-corrected chi connectivity index (χ4v) is 2.15. The Hall–Kier alpha value is -0.120. The summed E-state index contributed by atoms with van der Waals surface area (Å²) in [6.45, 7) is 7.53. The first-order chi connectivity index (χ1) is 7.19. The maximum absolute atomic E-state index is 5.45. The average molecular weight is 214 g/mol. The predicted molar refractivity (Wildman–Crippen MR) is 64.2 cm³/mol. The van der Waals surface area contributed by atoms with Crippen molar-refractivity contribution < 1.29 is 4.74 Å². The first-order valence-electron chi connectivity index (χ1n) is 6.14. The highest BCUT2D eigenvalue weighted by atomic mass is 16.5. The van der Waals surface area contributed by atoms with E-state index in [0.717, 1.165) is 19.8 Å². The van der Waals surface area contributed by atoms with E-state index in [9.17, 15) is 0 Å². The third-order valence-corrected chi connectivity index (χ3v) is 3.73. The van der Waals surface area contributed by atoms with Gasteiger partial charge in [-0.25, -0.2) is 0 Å². The molecule has 1 rings (SSSR count). The molecule has 0 bridgehead atoms. The summed E-state index contributed by atoms with van der Waals surface area (Å²) in [6.07, 6.45) is 2.42. The van der Waals surface area contributed by atoms with Crippen LogP contribution in [0.3, 0.4) is 0 Å². The molecule has 3 nitrogen and oxygen atoms in total. The summed E-state index contributed by atoms with van der Waals surface area (Å²) < 4.78 is 5.45. The van der Waals surface area contributed by atoms with Gasteiger partial charge in [-0.05, 0) is 33.9 Å². The second-order valence-electron chi connectivity index (χ2n) is 4.72. The Morgan fingerprint density at radius 1 is 1.53 bits per heavy atom. The molecule has 1 aliphatic heterocycles. The normalized spacial score (nSPS) is 25.8. The van der Waals surface area contributed by atoms with Gasteiger partial charge in [-0.3, -0.25) is 0 Å². The average Bonchev–Trinajstić information content (AvgIpc) is 2.77. The number of hydrogen-bond donors (Lipinski definition) is 1. The zero-order chi connectivity index (χ0) is 11.3. The minimum absolute atomic E-state index is 0.575. The van der Waals surface area contributed by atoms with E-state index in [2.05, 4.69) is 38.2 Å². The van der Waals surface area contributed by atoms with Crippen molar-refractivity contribution in [3.05, 3.63) is 0 Å². The molecule has 0 aliphatic carbocycles. The molecule has 1 N–H and O–H groups in total.